The third-order valence-electron chi connectivity index (χ3n) is 5.52. The zero-order valence-electron chi connectivity index (χ0n) is 14.7. The van der Waals surface area contributed by atoms with E-state index in [-0.39, 0.29) is 5.41 Å². The first-order valence-corrected chi connectivity index (χ1v) is 9.20. The third-order valence-corrected chi connectivity index (χ3v) is 5.52. The summed E-state index contributed by atoms with van der Waals surface area (Å²) in [5.41, 5.74) is 0.703. The Bertz CT molecular complexity index is 558. The molecule has 2 saturated heterocycles. The SMILES string of the molecule is C[C@@H]1CCCN1CCCOc1ccc(C2(C#N)CCOCC2)cc1. The first kappa shape index (κ1) is 17.3. The van der Waals surface area contributed by atoms with E-state index in [0.29, 0.717) is 13.2 Å². The van der Waals surface area contributed by atoms with E-state index < -0.39 is 0 Å². The summed E-state index contributed by atoms with van der Waals surface area (Å²) in [6.45, 7) is 6.75. The molecule has 4 heteroatoms. The van der Waals surface area contributed by atoms with Crippen molar-refractivity contribution < 1.29 is 9.47 Å². The lowest BCUT2D eigenvalue weighted by Crippen LogP contribution is -2.32. The fraction of sp³-hybridized carbons (Fsp3) is 0.650. The van der Waals surface area contributed by atoms with Gasteiger partial charge in [-0.3, -0.25) is 0 Å². The quantitative estimate of drug-likeness (QED) is 0.750. The predicted molar refractivity (Wildman–Crippen MR) is 94.2 cm³/mol. The standard InChI is InChI=1S/C20H28N2O2/c1-17-4-2-11-22(17)12-3-13-24-19-7-5-18(6-8-19)20(16-21)9-14-23-15-10-20/h5-8,17H,2-4,9-15H2,1H3/t17-/m1/s1. The van der Waals surface area contributed by atoms with Crippen LogP contribution < -0.4 is 4.74 Å². The van der Waals surface area contributed by atoms with Gasteiger partial charge in [-0.05, 0) is 63.3 Å². The highest BCUT2D eigenvalue weighted by Gasteiger charge is 2.34. The molecule has 0 N–H and O–H groups in total. The highest BCUT2D eigenvalue weighted by atomic mass is 16.5. The lowest BCUT2D eigenvalue weighted by atomic mass is 9.75. The van der Waals surface area contributed by atoms with Gasteiger partial charge in [-0.2, -0.15) is 5.26 Å². The van der Waals surface area contributed by atoms with Gasteiger partial charge in [0.1, 0.15) is 5.75 Å². The van der Waals surface area contributed by atoms with E-state index in [0.717, 1.165) is 49.8 Å². The summed E-state index contributed by atoms with van der Waals surface area (Å²) in [7, 11) is 0. The second-order valence-electron chi connectivity index (χ2n) is 7.06. The minimum absolute atomic E-state index is 0.386. The Morgan fingerprint density at radius 1 is 1.29 bits per heavy atom. The molecule has 2 aliphatic heterocycles. The third kappa shape index (κ3) is 3.91. The molecule has 0 radical (unpaired) electrons. The van der Waals surface area contributed by atoms with Gasteiger partial charge in [-0.15, -0.1) is 0 Å². The Morgan fingerprint density at radius 2 is 2.04 bits per heavy atom. The van der Waals surface area contributed by atoms with Crippen LogP contribution in [0.2, 0.25) is 0 Å². The van der Waals surface area contributed by atoms with Crippen LogP contribution in [-0.4, -0.2) is 43.9 Å². The van der Waals surface area contributed by atoms with Crippen molar-refractivity contribution in [2.24, 2.45) is 0 Å². The largest absolute Gasteiger partial charge is 0.494 e. The summed E-state index contributed by atoms with van der Waals surface area (Å²) in [5, 5.41) is 9.62. The van der Waals surface area contributed by atoms with Crippen molar-refractivity contribution in [1.82, 2.24) is 4.90 Å². The van der Waals surface area contributed by atoms with Crippen molar-refractivity contribution in [3.05, 3.63) is 29.8 Å². The van der Waals surface area contributed by atoms with Crippen LogP contribution in [0, 0.1) is 11.3 Å². The van der Waals surface area contributed by atoms with Crippen molar-refractivity contribution in [3.8, 4) is 11.8 Å². The van der Waals surface area contributed by atoms with Crippen LogP contribution in [0.1, 0.15) is 44.6 Å². The van der Waals surface area contributed by atoms with E-state index in [1.165, 1.54) is 19.4 Å². The van der Waals surface area contributed by atoms with E-state index >= 15 is 0 Å². The minimum atomic E-state index is -0.386. The number of benzene rings is 1. The monoisotopic (exact) mass is 328 g/mol. The van der Waals surface area contributed by atoms with Gasteiger partial charge >= 0.3 is 0 Å². The van der Waals surface area contributed by atoms with E-state index in [4.69, 9.17) is 9.47 Å². The van der Waals surface area contributed by atoms with Crippen LogP contribution in [0.4, 0.5) is 0 Å². The zero-order valence-corrected chi connectivity index (χ0v) is 14.7. The summed E-state index contributed by atoms with van der Waals surface area (Å²) in [6.07, 6.45) is 5.27. The topological polar surface area (TPSA) is 45.5 Å². The molecule has 0 saturated carbocycles. The van der Waals surface area contributed by atoms with Gasteiger partial charge < -0.3 is 14.4 Å². The molecule has 0 bridgehead atoms. The van der Waals surface area contributed by atoms with Gasteiger partial charge in [0.25, 0.3) is 0 Å². The molecule has 2 heterocycles. The van der Waals surface area contributed by atoms with Crippen LogP contribution >= 0.6 is 0 Å². The molecule has 1 aromatic carbocycles. The normalized spacial score (nSPS) is 23.8. The number of rotatable bonds is 6. The predicted octanol–water partition coefficient (Wildman–Crippen LogP) is 3.51. The van der Waals surface area contributed by atoms with Crippen LogP contribution in [0.5, 0.6) is 5.75 Å². The summed E-state index contributed by atoms with van der Waals surface area (Å²) in [6, 6.07) is 11.3. The maximum absolute atomic E-state index is 9.62. The van der Waals surface area contributed by atoms with Gasteiger partial charge in [0.15, 0.2) is 0 Å². The fourth-order valence-corrected chi connectivity index (χ4v) is 3.84. The van der Waals surface area contributed by atoms with Crippen LogP contribution in [0.25, 0.3) is 0 Å². The van der Waals surface area contributed by atoms with Crippen LogP contribution in [0.15, 0.2) is 24.3 Å². The molecule has 0 amide bonds. The Kier molecular flexibility index (Phi) is 5.76. The van der Waals surface area contributed by atoms with E-state index in [1.54, 1.807) is 0 Å². The number of ether oxygens (including phenoxy) is 2. The van der Waals surface area contributed by atoms with Crippen molar-refractivity contribution in [2.45, 2.75) is 50.5 Å². The number of hydrogen-bond acceptors (Lipinski definition) is 4. The Labute approximate surface area is 145 Å². The zero-order chi connectivity index (χ0) is 16.8. The Morgan fingerprint density at radius 3 is 2.67 bits per heavy atom. The highest BCUT2D eigenvalue weighted by molar-refractivity contribution is 5.37. The molecule has 0 aliphatic carbocycles. The molecular weight excluding hydrogens is 300 g/mol. The molecule has 2 fully saturated rings. The molecular formula is C20H28N2O2. The average molecular weight is 328 g/mol. The summed E-state index contributed by atoms with van der Waals surface area (Å²) in [4.78, 5) is 2.55. The second kappa shape index (κ2) is 8.00. The summed E-state index contributed by atoms with van der Waals surface area (Å²) in [5.74, 6) is 0.897. The van der Waals surface area contributed by atoms with Gasteiger partial charge in [0.05, 0.1) is 18.1 Å². The first-order valence-electron chi connectivity index (χ1n) is 9.20. The molecule has 1 atom stereocenters. The van der Waals surface area contributed by atoms with Gasteiger partial charge in [-0.25, -0.2) is 0 Å². The molecule has 4 nitrogen and oxygen atoms in total. The van der Waals surface area contributed by atoms with Crippen LogP contribution in [-0.2, 0) is 10.2 Å². The summed E-state index contributed by atoms with van der Waals surface area (Å²) < 4.78 is 11.3. The average Bonchev–Trinajstić information content (AvgIpc) is 3.05. The maximum atomic E-state index is 9.62. The van der Waals surface area contributed by atoms with Crippen LogP contribution in [0.3, 0.4) is 0 Å². The van der Waals surface area contributed by atoms with Gasteiger partial charge in [0, 0.05) is 25.8 Å². The number of likely N-dealkylation sites (tertiary alicyclic amines) is 1. The molecule has 2 aliphatic rings. The van der Waals surface area contributed by atoms with Crippen molar-refractivity contribution in [1.29, 1.82) is 5.26 Å². The Balaban J connectivity index is 1.48. The Hall–Kier alpha value is -1.57. The molecule has 24 heavy (non-hydrogen) atoms. The number of nitrogens with zero attached hydrogens (tertiary/aromatic N) is 2. The van der Waals surface area contributed by atoms with E-state index in [2.05, 4.69) is 17.9 Å². The van der Waals surface area contributed by atoms with Crippen molar-refractivity contribution in [3.63, 3.8) is 0 Å². The molecule has 3 rings (SSSR count). The molecule has 0 spiro atoms. The molecule has 130 valence electrons. The van der Waals surface area contributed by atoms with Crippen molar-refractivity contribution in [2.75, 3.05) is 32.9 Å². The lowest BCUT2D eigenvalue weighted by Gasteiger charge is -2.31. The minimum Gasteiger partial charge on any atom is -0.494 e. The van der Waals surface area contributed by atoms with E-state index in [9.17, 15) is 5.26 Å². The molecule has 1 aromatic rings. The molecule has 0 aromatic heterocycles. The van der Waals surface area contributed by atoms with Gasteiger partial charge in [-0.1, -0.05) is 12.1 Å². The summed E-state index contributed by atoms with van der Waals surface area (Å²) >= 11 is 0. The van der Waals surface area contributed by atoms with E-state index in [1.807, 2.05) is 24.3 Å². The second-order valence-corrected chi connectivity index (χ2v) is 7.06. The highest BCUT2D eigenvalue weighted by Crippen LogP contribution is 2.34. The smallest absolute Gasteiger partial charge is 0.119 e. The first-order chi connectivity index (χ1) is 11.7. The van der Waals surface area contributed by atoms with Gasteiger partial charge in [0.2, 0.25) is 0 Å². The van der Waals surface area contributed by atoms with Crippen molar-refractivity contribution >= 4 is 0 Å². The molecule has 0 unspecified atom stereocenters. The lowest BCUT2D eigenvalue weighted by molar-refractivity contribution is 0.0675. The number of hydrogen-bond donors (Lipinski definition) is 0. The maximum Gasteiger partial charge on any atom is 0.119 e. The fourth-order valence-electron chi connectivity index (χ4n) is 3.84. The number of nitriles is 1.